The number of para-hydroxylation sites is 1. The molecule has 0 spiro atoms. The fourth-order valence-electron chi connectivity index (χ4n) is 4.85. The number of hydrazine groups is 1. The van der Waals surface area contributed by atoms with Gasteiger partial charge in [0.15, 0.2) is 11.5 Å². The van der Waals surface area contributed by atoms with Gasteiger partial charge in [-0.15, -0.1) is 0 Å². The minimum Gasteiger partial charge on any atom is -0.508 e. The van der Waals surface area contributed by atoms with Crippen LogP contribution < -0.4 is 20.3 Å². The number of benzene rings is 2. The molecular formula is C25H33N3O5. The Morgan fingerprint density at radius 3 is 2.55 bits per heavy atom. The molecular weight excluding hydrogens is 422 g/mol. The van der Waals surface area contributed by atoms with Crippen LogP contribution in [-0.2, 0) is 4.79 Å². The fraction of sp³-hybridized carbons (Fsp3) is 0.480. The molecule has 2 aromatic rings. The standard InChI is InChI=1S/C25H33N3O5/c1-15(2)14-33-19-10-9-16(13-20(19)32-3)24-21-22(17-7-4-5-8-18(17)30)26-27-23(21)25(31)28(24)11-6-12-29/h4-5,7-10,13,15,21-24,26-27,29-30H,6,11-12,14H2,1-3H3. The van der Waals surface area contributed by atoms with Crippen molar-refractivity contribution in [2.24, 2.45) is 11.8 Å². The van der Waals surface area contributed by atoms with Crippen molar-refractivity contribution >= 4 is 5.91 Å². The summed E-state index contributed by atoms with van der Waals surface area (Å²) in [6.45, 7) is 5.20. The number of hydrogen-bond donors (Lipinski definition) is 4. The lowest BCUT2D eigenvalue weighted by atomic mass is 9.83. The molecule has 178 valence electrons. The van der Waals surface area contributed by atoms with Gasteiger partial charge in [0.25, 0.3) is 0 Å². The second-order valence-electron chi connectivity index (χ2n) is 9.05. The van der Waals surface area contributed by atoms with Gasteiger partial charge in [-0.2, -0.15) is 0 Å². The average Bonchev–Trinajstić information content (AvgIpc) is 3.35. The average molecular weight is 456 g/mol. The number of carbonyl (C=O) groups excluding carboxylic acids is 1. The molecule has 0 aliphatic carbocycles. The van der Waals surface area contributed by atoms with Crippen LogP contribution in [-0.4, -0.2) is 53.9 Å². The fourth-order valence-corrected chi connectivity index (χ4v) is 4.85. The number of carbonyl (C=O) groups is 1. The van der Waals surface area contributed by atoms with Gasteiger partial charge in [-0.1, -0.05) is 38.1 Å². The number of hydrogen-bond acceptors (Lipinski definition) is 7. The van der Waals surface area contributed by atoms with Crippen molar-refractivity contribution in [3.05, 3.63) is 53.6 Å². The monoisotopic (exact) mass is 455 g/mol. The molecule has 2 aromatic carbocycles. The van der Waals surface area contributed by atoms with E-state index in [1.165, 1.54) is 0 Å². The Kier molecular flexibility index (Phi) is 7.07. The Hall–Kier alpha value is -2.81. The van der Waals surface area contributed by atoms with Gasteiger partial charge in [0.1, 0.15) is 11.8 Å². The first-order valence-corrected chi connectivity index (χ1v) is 11.5. The van der Waals surface area contributed by atoms with Gasteiger partial charge in [0.05, 0.1) is 25.8 Å². The first-order chi connectivity index (χ1) is 16.0. The lowest BCUT2D eigenvalue weighted by molar-refractivity contribution is -0.130. The number of fused-ring (bicyclic) bond motifs is 1. The van der Waals surface area contributed by atoms with Crippen molar-refractivity contribution in [3.63, 3.8) is 0 Å². The number of nitrogens with zero attached hydrogens (tertiary/aromatic N) is 1. The number of aromatic hydroxyl groups is 1. The lowest BCUT2D eigenvalue weighted by Gasteiger charge is -2.31. The number of nitrogens with one attached hydrogen (secondary N) is 2. The Morgan fingerprint density at radius 2 is 1.85 bits per heavy atom. The Labute approximate surface area is 194 Å². The predicted octanol–water partition coefficient (Wildman–Crippen LogP) is 2.54. The number of aliphatic hydroxyl groups excluding tert-OH is 1. The Bertz CT molecular complexity index is 982. The van der Waals surface area contributed by atoms with Crippen LogP contribution in [0.4, 0.5) is 0 Å². The van der Waals surface area contributed by atoms with Crippen LogP contribution >= 0.6 is 0 Å². The molecule has 2 fully saturated rings. The highest BCUT2D eigenvalue weighted by atomic mass is 16.5. The molecule has 4 unspecified atom stereocenters. The largest absolute Gasteiger partial charge is 0.508 e. The van der Waals surface area contributed by atoms with Crippen LogP contribution in [0.25, 0.3) is 0 Å². The lowest BCUT2D eigenvalue weighted by Crippen LogP contribution is -2.41. The second-order valence-corrected chi connectivity index (χ2v) is 9.05. The van der Waals surface area contributed by atoms with Crippen LogP contribution in [0.3, 0.4) is 0 Å². The number of aliphatic hydroxyl groups is 1. The van der Waals surface area contributed by atoms with Crippen molar-refractivity contribution in [2.45, 2.75) is 38.4 Å². The summed E-state index contributed by atoms with van der Waals surface area (Å²) in [5.41, 5.74) is 8.05. The molecule has 1 amide bonds. The number of phenolic OH excluding ortho intramolecular Hbond substituents is 1. The second kappa shape index (κ2) is 9.99. The van der Waals surface area contributed by atoms with E-state index in [2.05, 4.69) is 24.7 Å². The van der Waals surface area contributed by atoms with Crippen molar-refractivity contribution in [3.8, 4) is 17.2 Å². The summed E-state index contributed by atoms with van der Waals surface area (Å²) in [6, 6.07) is 12.0. The van der Waals surface area contributed by atoms with Crippen molar-refractivity contribution < 1.29 is 24.5 Å². The highest BCUT2D eigenvalue weighted by Crippen LogP contribution is 2.49. The van der Waals surface area contributed by atoms with E-state index in [0.717, 1.165) is 11.1 Å². The molecule has 0 saturated carbocycles. The van der Waals surface area contributed by atoms with E-state index in [9.17, 15) is 15.0 Å². The normalized spacial score (nSPS) is 24.4. The highest BCUT2D eigenvalue weighted by Gasteiger charge is 2.55. The number of phenols is 1. The van der Waals surface area contributed by atoms with Gasteiger partial charge < -0.3 is 24.6 Å². The van der Waals surface area contributed by atoms with E-state index >= 15 is 0 Å². The number of methoxy groups -OCH3 is 1. The first kappa shape index (κ1) is 23.4. The molecule has 2 saturated heterocycles. The van der Waals surface area contributed by atoms with Gasteiger partial charge in [-0.3, -0.25) is 4.79 Å². The third-order valence-electron chi connectivity index (χ3n) is 6.34. The van der Waals surface area contributed by atoms with Gasteiger partial charge >= 0.3 is 0 Å². The maximum Gasteiger partial charge on any atom is 0.242 e. The summed E-state index contributed by atoms with van der Waals surface area (Å²) in [4.78, 5) is 15.2. The number of likely N-dealkylation sites (tertiary alicyclic amines) is 1. The summed E-state index contributed by atoms with van der Waals surface area (Å²) < 4.78 is 11.5. The van der Waals surface area contributed by atoms with Crippen molar-refractivity contribution in [1.82, 2.24) is 15.8 Å². The van der Waals surface area contributed by atoms with Crippen LogP contribution in [0.2, 0.25) is 0 Å². The molecule has 4 N–H and O–H groups in total. The van der Waals surface area contributed by atoms with Crippen LogP contribution in [0.15, 0.2) is 42.5 Å². The first-order valence-electron chi connectivity index (χ1n) is 11.5. The number of amides is 1. The summed E-state index contributed by atoms with van der Waals surface area (Å²) in [5.74, 6) is 1.65. The Balaban J connectivity index is 1.73. The highest BCUT2D eigenvalue weighted by molar-refractivity contribution is 5.86. The van der Waals surface area contributed by atoms with Crippen molar-refractivity contribution in [2.75, 3.05) is 26.9 Å². The van der Waals surface area contributed by atoms with E-state index in [4.69, 9.17) is 9.47 Å². The molecule has 8 heteroatoms. The zero-order valence-electron chi connectivity index (χ0n) is 19.3. The van der Waals surface area contributed by atoms with Crippen molar-refractivity contribution in [1.29, 1.82) is 0 Å². The van der Waals surface area contributed by atoms with E-state index in [1.807, 2.05) is 35.2 Å². The number of ether oxygens (including phenoxy) is 2. The predicted molar refractivity (Wildman–Crippen MR) is 124 cm³/mol. The quantitative estimate of drug-likeness (QED) is 0.461. The van der Waals surface area contributed by atoms with Crippen LogP contribution in [0, 0.1) is 11.8 Å². The number of rotatable bonds is 9. The molecule has 4 atom stereocenters. The third-order valence-corrected chi connectivity index (χ3v) is 6.34. The summed E-state index contributed by atoms with van der Waals surface area (Å²) in [6.07, 6.45) is 0.489. The minimum atomic E-state index is -0.443. The Morgan fingerprint density at radius 1 is 1.09 bits per heavy atom. The maximum atomic E-state index is 13.4. The molecule has 0 bridgehead atoms. The zero-order valence-corrected chi connectivity index (χ0v) is 19.3. The summed E-state index contributed by atoms with van der Waals surface area (Å²) in [5, 5.41) is 19.9. The molecule has 2 aliphatic heterocycles. The molecule has 0 radical (unpaired) electrons. The summed E-state index contributed by atoms with van der Waals surface area (Å²) >= 11 is 0. The van der Waals surface area contributed by atoms with E-state index in [-0.39, 0.29) is 36.3 Å². The molecule has 4 rings (SSSR count). The summed E-state index contributed by atoms with van der Waals surface area (Å²) in [7, 11) is 1.61. The van der Waals surface area contributed by atoms with E-state index < -0.39 is 6.04 Å². The SMILES string of the molecule is COc1cc(C2C3C(NNC3c3ccccc3O)C(=O)N2CCCO)ccc1OCC(C)C. The zero-order chi connectivity index (χ0) is 23.5. The molecule has 2 heterocycles. The smallest absolute Gasteiger partial charge is 0.242 e. The van der Waals surface area contributed by atoms with Gasteiger partial charge in [0.2, 0.25) is 5.91 Å². The van der Waals surface area contributed by atoms with Gasteiger partial charge in [-0.25, -0.2) is 10.9 Å². The van der Waals surface area contributed by atoms with E-state index in [0.29, 0.717) is 37.0 Å². The van der Waals surface area contributed by atoms with Gasteiger partial charge in [-0.05, 0) is 36.1 Å². The molecule has 2 aliphatic rings. The molecule has 0 aromatic heterocycles. The van der Waals surface area contributed by atoms with Gasteiger partial charge in [0, 0.05) is 24.6 Å². The van der Waals surface area contributed by atoms with Crippen LogP contribution in [0.5, 0.6) is 17.2 Å². The van der Waals surface area contributed by atoms with E-state index in [1.54, 1.807) is 19.2 Å². The minimum absolute atomic E-state index is 0.00567. The molecule has 8 nitrogen and oxygen atoms in total. The topological polar surface area (TPSA) is 103 Å². The third kappa shape index (κ3) is 4.51. The van der Waals surface area contributed by atoms with Crippen LogP contribution in [0.1, 0.15) is 43.5 Å². The maximum absolute atomic E-state index is 13.4. The molecule has 33 heavy (non-hydrogen) atoms.